The predicted octanol–water partition coefficient (Wildman–Crippen LogP) is 3.87. The van der Waals surface area contributed by atoms with E-state index in [2.05, 4.69) is 15.5 Å². The number of nitrogens with two attached hydrogens (primary N) is 1. The third-order valence-corrected chi connectivity index (χ3v) is 3.54. The molecule has 2 N–H and O–H groups in total. The summed E-state index contributed by atoms with van der Waals surface area (Å²) < 4.78 is 1.51. The molecule has 21 heavy (non-hydrogen) atoms. The van der Waals surface area contributed by atoms with Crippen molar-refractivity contribution in [3.05, 3.63) is 51.5 Å². The number of hydrogen-bond donors (Lipinski definition) is 1. The average Bonchev–Trinajstić information content (AvgIpc) is 2.86. The van der Waals surface area contributed by atoms with Gasteiger partial charge in [-0.2, -0.15) is 4.68 Å². The molecule has 8 heteroatoms. The van der Waals surface area contributed by atoms with Crippen LogP contribution in [0, 0.1) is 0 Å². The van der Waals surface area contributed by atoms with Crippen LogP contribution >= 0.6 is 34.8 Å². The van der Waals surface area contributed by atoms with E-state index in [1.165, 1.54) is 4.68 Å². The maximum atomic E-state index is 6.20. The predicted molar refractivity (Wildman–Crippen MR) is 84.0 cm³/mol. The number of hydrogen-bond acceptors (Lipinski definition) is 4. The van der Waals surface area contributed by atoms with E-state index in [4.69, 9.17) is 40.5 Å². The summed E-state index contributed by atoms with van der Waals surface area (Å²) in [7, 11) is 0. The van der Waals surface area contributed by atoms with E-state index >= 15 is 0 Å². The molecule has 0 radical (unpaired) electrons. The Morgan fingerprint density at radius 3 is 2.33 bits per heavy atom. The summed E-state index contributed by atoms with van der Waals surface area (Å²) in [4.78, 5) is 0. The first-order valence-corrected chi connectivity index (χ1v) is 6.98. The largest absolute Gasteiger partial charge is 0.399 e. The molecule has 1 heterocycles. The smallest absolute Gasteiger partial charge is 0.188 e. The fraction of sp³-hybridized carbons (Fsp3) is 0. The number of nitrogen functional groups attached to an aromatic ring is 1. The third-order valence-electron chi connectivity index (χ3n) is 2.80. The standard InChI is InChI=1S/C13H8Cl3N5/c14-7-3-8(15)5-10(4-7)21-13(18-19-20-21)11-2-1-9(17)6-12(11)16/h1-6H,17H2. The summed E-state index contributed by atoms with van der Waals surface area (Å²) in [6.45, 7) is 0. The normalized spacial score (nSPS) is 10.8. The molecule has 0 aliphatic rings. The van der Waals surface area contributed by atoms with Crippen LogP contribution in [0.3, 0.4) is 0 Å². The third kappa shape index (κ3) is 2.81. The van der Waals surface area contributed by atoms with Gasteiger partial charge in [0.2, 0.25) is 0 Å². The molecular weight excluding hydrogens is 333 g/mol. The second-order valence-electron chi connectivity index (χ2n) is 4.28. The number of rotatable bonds is 2. The second-order valence-corrected chi connectivity index (χ2v) is 5.56. The Labute approximate surface area is 135 Å². The van der Waals surface area contributed by atoms with Crippen LogP contribution in [0.25, 0.3) is 17.1 Å². The first kappa shape index (κ1) is 14.1. The Morgan fingerprint density at radius 1 is 0.952 bits per heavy atom. The number of anilines is 1. The van der Waals surface area contributed by atoms with Crippen molar-refractivity contribution in [2.45, 2.75) is 0 Å². The van der Waals surface area contributed by atoms with Gasteiger partial charge in [0.15, 0.2) is 5.82 Å². The first-order valence-electron chi connectivity index (χ1n) is 5.85. The molecule has 0 amide bonds. The molecule has 106 valence electrons. The summed E-state index contributed by atoms with van der Waals surface area (Å²) in [5.74, 6) is 0.471. The van der Waals surface area contributed by atoms with Crippen LogP contribution in [0.5, 0.6) is 0 Å². The SMILES string of the molecule is Nc1ccc(-c2nnnn2-c2cc(Cl)cc(Cl)c2)c(Cl)c1. The van der Waals surface area contributed by atoms with Gasteiger partial charge in [0, 0.05) is 21.3 Å². The summed E-state index contributed by atoms with van der Waals surface area (Å²) >= 11 is 18.2. The minimum atomic E-state index is 0.458. The Bertz CT molecular complexity index is 795. The highest BCUT2D eigenvalue weighted by molar-refractivity contribution is 6.35. The average molecular weight is 341 g/mol. The zero-order chi connectivity index (χ0) is 15.0. The number of tetrazole rings is 1. The summed E-state index contributed by atoms with van der Waals surface area (Å²) in [5, 5.41) is 13.1. The van der Waals surface area contributed by atoms with Crippen molar-refractivity contribution in [1.29, 1.82) is 0 Å². The zero-order valence-electron chi connectivity index (χ0n) is 10.5. The van der Waals surface area contributed by atoms with E-state index < -0.39 is 0 Å². The molecule has 5 nitrogen and oxygen atoms in total. The Balaban J connectivity index is 2.17. The maximum Gasteiger partial charge on any atom is 0.188 e. The minimum Gasteiger partial charge on any atom is -0.399 e. The lowest BCUT2D eigenvalue weighted by Crippen LogP contribution is -2.00. The van der Waals surface area contributed by atoms with E-state index in [0.717, 1.165) is 0 Å². The molecule has 0 unspecified atom stereocenters. The Morgan fingerprint density at radius 2 is 1.67 bits per heavy atom. The molecule has 0 spiro atoms. The van der Waals surface area contributed by atoms with Crippen molar-refractivity contribution < 1.29 is 0 Å². The Kier molecular flexibility index (Phi) is 3.71. The fourth-order valence-corrected chi connectivity index (χ4v) is 2.69. The topological polar surface area (TPSA) is 69.6 Å². The molecule has 0 saturated heterocycles. The second kappa shape index (κ2) is 5.52. The van der Waals surface area contributed by atoms with Crippen LogP contribution < -0.4 is 5.73 Å². The lowest BCUT2D eigenvalue weighted by atomic mass is 10.2. The van der Waals surface area contributed by atoms with Crippen LogP contribution in [0.4, 0.5) is 5.69 Å². The molecule has 1 aromatic heterocycles. The summed E-state index contributed by atoms with van der Waals surface area (Å²) in [5.41, 5.74) is 7.55. The van der Waals surface area contributed by atoms with Crippen molar-refractivity contribution >= 4 is 40.5 Å². The molecule has 0 saturated carbocycles. The first-order chi connectivity index (χ1) is 10.0. The highest BCUT2D eigenvalue weighted by atomic mass is 35.5. The number of halogens is 3. The van der Waals surface area contributed by atoms with Gasteiger partial charge >= 0.3 is 0 Å². The quantitative estimate of drug-likeness (QED) is 0.719. The van der Waals surface area contributed by atoms with Gasteiger partial charge in [-0.05, 0) is 46.8 Å². The molecular formula is C13H8Cl3N5. The summed E-state index contributed by atoms with van der Waals surface area (Å²) in [6.07, 6.45) is 0. The van der Waals surface area contributed by atoms with Crippen LogP contribution in [0.1, 0.15) is 0 Å². The fourth-order valence-electron chi connectivity index (χ4n) is 1.90. The molecule has 0 fully saturated rings. The highest BCUT2D eigenvalue weighted by Crippen LogP contribution is 2.30. The van der Waals surface area contributed by atoms with Gasteiger partial charge in [0.25, 0.3) is 0 Å². The van der Waals surface area contributed by atoms with Crippen LogP contribution in [-0.4, -0.2) is 20.2 Å². The lowest BCUT2D eigenvalue weighted by molar-refractivity contribution is 0.791. The van der Waals surface area contributed by atoms with Gasteiger partial charge in [-0.3, -0.25) is 0 Å². The van der Waals surface area contributed by atoms with Crippen molar-refractivity contribution in [1.82, 2.24) is 20.2 Å². The number of aromatic nitrogens is 4. The molecule has 0 aliphatic carbocycles. The van der Waals surface area contributed by atoms with Crippen molar-refractivity contribution in [3.8, 4) is 17.1 Å². The van der Waals surface area contributed by atoms with Gasteiger partial charge < -0.3 is 5.73 Å². The number of benzene rings is 2. The van der Waals surface area contributed by atoms with Crippen LogP contribution in [0.15, 0.2) is 36.4 Å². The molecule has 0 aliphatic heterocycles. The van der Waals surface area contributed by atoms with Crippen LogP contribution in [0.2, 0.25) is 15.1 Å². The van der Waals surface area contributed by atoms with E-state index in [-0.39, 0.29) is 0 Å². The van der Waals surface area contributed by atoms with Crippen LogP contribution in [-0.2, 0) is 0 Å². The molecule has 0 bridgehead atoms. The summed E-state index contributed by atoms with van der Waals surface area (Å²) in [6, 6.07) is 10.2. The van der Waals surface area contributed by atoms with Gasteiger partial charge in [0.1, 0.15) is 0 Å². The molecule has 0 atom stereocenters. The lowest BCUT2D eigenvalue weighted by Gasteiger charge is -2.07. The van der Waals surface area contributed by atoms with E-state index in [0.29, 0.717) is 37.8 Å². The zero-order valence-corrected chi connectivity index (χ0v) is 12.7. The van der Waals surface area contributed by atoms with Gasteiger partial charge in [0.05, 0.1) is 10.7 Å². The van der Waals surface area contributed by atoms with E-state index in [9.17, 15) is 0 Å². The highest BCUT2D eigenvalue weighted by Gasteiger charge is 2.14. The van der Waals surface area contributed by atoms with Gasteiger partial charge in [-0.15, -0.1) is 5.10 Å². The number of nitrogens with zero attached hydrogens (tertiary/aromatic N) is 4. The van der Waals surface area contributed by atoms with Crippen molar-refractivity contribution in [2.75, 3.05) is 5.73 Å². The van der Waals surface area contributed by atoms with Gasteiger partial charge in [-0.25, -0.2) is 0 Å². The maximum absolute atomic E-state index is 6.20. The Hall–Kier alpha value is -1.82. The molecule has 2 aromatic carbocycles. The van der Waals surface area contributed by atoms with Gasteiger partial charge in [-0.1, -0.05) is 34.8 Å². The van der Waals surface area contributed by atoms with E-state index in [1.807, 2.05) is 0 Å². The monoisotopic (exact) mass is 339 g/mol. The van der Waals surface area contributed by atoms with Crippen molar-refractivity contribution in [3.63, 3.8) is 0 Å². The molecule has 3 aromatic rings. The van der Waals surface area contributed by atoms with E-state index in [1.54, 1.807) is 36.4 Å². The minimum absolute atomic E-state index is 0.458. The molecule has 3 rings (SSSR count). The van der Waals surface area contributed by atoms with Crippen molar-refractivity contribution in [2.24, 2.45) is 0 Å².